The van der Waals surface area contributed by atoms with Gasteiger partial charge in [0.15, 0.2) is 0 Å². The molecule has 1 rings (SSSR count). The van der Waals surface area contributed by atoms with Gasteiger partial charge in [0, 0.05) is 5.33 Å². The Hall–Kier alpha value is 0.320. The number of rotatable bonds is 4. The normalized spacial score (nSPS) is 31.1. The zero-order chi connectivity index (χ0) is 8.43. The van der Waals surface area contributed by atoms with Gasteiger partial charge in [-0.05, 0) is 0 Å². The molecule has 11 heavy (non-hydrogen) atoms. The smallest absolute Gasteiger partial charge is 0.111 e. The molecule has 1 heterocycles. The Kier molecular flexibility index (Phi) is 3.27. The van der Waals surface area contributed by atoms with Crippen LogP contribution < -0.4 is 0 Å². The summed E-state index contributed by atoms with van der Waals surface area (Å²) in [5.74, 6) is 0. The van der Waals surface area contributed by atoms with Crippen LogP contribution in [0.1, 0.15) is 0 Å². The minimum Gasteiger partial charge on any atom is -0.389 e. The molecule has 0 aromatic carbocycles. The predicted octanol–water partition coefficient (Wildman–Crippen LogP) is -1.14. The Morgan fingerprint density at radius 3 is 2.36 bits per heavy atom. The third kappa shape index (κ3) is 2.38. The second kappa shape index (κ2) is 3.82. The highest BCUT2D eigenvalue weighted by Gasteiger charge is 2.38. The Labute approximate surface area is 72.9 Å². The summed E-state index contributed by atoms with van der Waals surface area (Å²) in [7, 11) is 0. The summed E-state index contributed by atoms with van der Waals surface area (Å²) in [5.41, 5.74) is 0. The summed E-state index contributed by atoms with van der Waals surface area (Å²) < 4.78 is 4.75. The first-order valence-corrected chi connectivity index (χ1v) is 4.50. The minimum absolute atomic E-state index is 0.248. The third-order valence-corrected chi connectivity index (χ3v) is 2.31. The highest BCUT2D eigenvalue weighted by atomic mass is 79.9. The van der Waals surface area contributed by atoms with Crippen LogP contribution in [0.2, 0.25) is 0 Å². The highest BCUT2D eigenvalue weighted by molar-refractivity contribution is 9.09. The molecule has 0 saturated carbocycles. The number of ether oxygens (including phenoxy) is 1. The molecule has 0 aromatic heterocycles. The lowest BCUT2D eigenvalue weighted by Crippen LogP contribution is -2.41. The Bertz CT molecular complexity index is 128. The number of hydrogen-bond acceptors (Lipinski definition) is 4. The van der Waals surface area contributed by atoms with Gasteiger partial charge in [-0.3, -0.25) is 0 Å². The maximum absolute atomic E-state index is 9.20. The Morgan fingerprint density at radius 1 is 1.45 bits per heavy atom. The molecule has 0 radical (unpaired) electrons. The summed E-state index contributed by atoms with van der Waals surface area (Å²) in [6, 6.07) is 0. The number of halogens is 1. The monoisotopic (exact) mass is 226 g/mol. The Balaban J connectivity index is 2.31. The molecule has 5 heteroatoms. The molecule has 0 aliphatic carbocycles. The molecule has 1 fully saturated rings. The SMILES string of the molecule is O[C@H]([C@H](O)[C@@H](O)CBr)[C@H]1CO1. The van der Waals surface area contributed by atoms with Crippen LogP contribution >= 0.6 is 15.9 Å². The van der Waals surface area contributed by atoms with Crippen LogP contribution in [0.5, 0.6) is 0 Å². The second-order valence-electron chi connectivity index (χ2n) is 2.57. The average molecular weight is 227 g/mol. The van der Waals surface area contributed by atoms with E-state index in [1.54, 1.807) is 0 Å². The van der Waals surface area contributed by atoms with Crippen LogP contribution in [0.15, 0.2) is 0 Å². The topological polar surface area (TPSA) is 73.2 Å². The van der Waals surface area contributed by atoms with E-state index in [4.69, 9.17) is 9.84 Å². The molecule has 0 spiro atoms. The van der Waals surface area contributed by atoms with Crippen LogP contribution in [0.4, 0.5) is 0 Å². The maximum atomic E-state index is 9.20. The number of aliphatic hydroxyl groups is 3. The zero-order valence-corrected chi connectivity index (χ0v) is 7.44. The lowest BCUT2D eigenvalue weighted by atomic mass is 10.1. The van der Waals surface area contributed by atoms with Crippen molar-refractivity contribution in [2.45, 2.75) is 24.4 Å². The van der Waals surface area contributed by atoms with E-state index in [2.05, 4.69) is 15.9 Å². The van der Waals surface area contributed by atoms with Crippen molar-refractivity contribution < 1.29 is 20.1 Å². The second-order valence-corrected chi connectivity index (χ2v) is 3.22. The minimum atomic E-state index is -1.12. The van der Waals surface area contributed by atoms with Gasteiger partial charge < -0.3 is 20.1 Å². The van der Waals surface area contributed by atoms with E-state index in [-0.39, 0.29) is 11.4 Å². The lowest BCUT2D eigenvalue weighted by molar-refractivity contribution is -0.0586. The fourth-order valence-electron chi connectivity index (χ4n) is 0.792. The summed E-state index contributed by atoms with van der Waals surface area (Å²) in [5, 5.41) is 27.7. The molecule has 4 atom stereocenters. The average Bonchev–Trinajstić information content (AvgIpc) is 2.82. The van der Waals surface area contributed by atoms with Gasteiger partial charge in [0.05, 0.1) is 12.7 Å². The van der Waals surface area contributed by atoms with E-state index >= 15 is 0 Å². The summed E-state index contributed by atoms with van der Waals surface area (Å²) in [4.78, 5) is 0. The lowest BCUT2D eigenvalue weighted by Gasteiger charge is -2.19. The summed E-state index contributed by atoms with van der Waals surface area (Å²) in [6.07, 6.45) is -3.32. The first kappa shape index (κ1) is 9.41. The van der Waals surface area contributed by atoms with Crippen molar-refractivity contribution in [3.63, 3.8) is 0 Å². The van der Waals surface area contributed by atoms with Crippen molar-refractivity contribution >= 4 is 15.9 Å². The van der Waals surface area contributed by atoms with Gasteiger partial charge in [-0.2, -0.15) is 0 Å². The number of hydrogen-bond donors (Lipinski definition) is 3. The van der Waals surface area contributed by atoms with Crippen molar-refractivity contribution in [3.8, 4) is 0 Å². The highest BCUT2D eigenvalue weighted by Crippen LogP contribution is 2.18. The fourth-order valence-corrected chi connectivity index (χ4v) is 1.17. The number of aliphatic hydroxyl groups excluding tert-OH is 3. The van der Waals surface area contributed by atoms with Crippen LogP contribution in [-0.4, -0.2) is 51.7 Å². The van der Waals surface area contributed by atoms with E-state index in [1.165, 1.54) is 0 Å². The first-order chi connectivity index (χ1) is 5.16. The molecular weight excluding hydrogens is 216 g/mol. The molecule has 0 aromatic rings. The van der Waals surface area contributed by atoms with Gasteiger partial charge in [0.25, 0.3) is 0 Å². The van der Waals surface area contributed by atoms with Gasteiger partial charge >= 0.3 is 0 Å². The van der Waals surface area contributed by atoms with Gasteiger partial charge in [-0.25, -0.2) is 0 Å². The van der Waals surface area contributed by atoms with Crippen molar-refractivity contribution in [1.82, 2.24) is 0 Å². The molecule has 3 N–H and O–H groups in total. The van der Waals surface area contributed by atoms with E-state index in [0.717, 1.165) is 0 Å². The predicted molar refractivity (Wildman–Crippen MR) is 41.6 cm³/mol. The van der Waals surface area contributed by atoms with Crippen molar-refractivity contribution in [3.05, 3.63) is 0 Å². The number of epoxide rings is 1. The van der Waals surface area contributed by atoms with E-state index < -0.39 is 18.3 Å². The van der Waals surface area contributed by atoms with Gasteiger partial charge in [-0.1, -0.05) is 15.9 Å². The fraction of sp³-hybridized carbons (Fsp3) is 1.00. The molecule has 0 unspecified atom stereocenters. The molecule has 66 valence electrons. The molecule has 4 nitrogen and oxygen atoms in total. The van der Waals surface area contributed by atoms with Crippen LogP contribution in [0, 0.1) is 0 Å². The van der Waals surface area contributed by atoms with Crippen molar-refractivity contribution in [2.24, 2.45) is 0 Å². The quantitative estimate of drug-likeness (QED) is 0.419. The molecule has 1 aliphatic heterocycles. The standard InChI is InChI=1S/C6H11BrO4/c7-1-3(8)5(9)6(10)4-2-11-4/h3-6,8-10H,1-2H2/t3-,4+,5+,6-/m0/s1. The number of alkyl halides is 1. The van der Waals surface area contributed by atoms with Crippen LogP contribution in [0.3, 0.4) is 0 Å². The van der Waals surface area contributed by atoms with Gasteiger partial charge in [0.1, 0.15) is 18.3 Å². The van der Waals surface area contributed by atoms with Crippen LogP contribution in [-0.2, 0) is 4.74 Å². The van der Waals surface area contributed by atoms with Gasteiger partial charge in [0.2, 0.25) is 0 Å². The molecule has 1 aliphatic rings. The van der Waals surface area contributed by atoms with Crippen molar-refractivity contribution in [2.75, 3.05) is 11.9 Å². The third-order valence-electron chi connectivity index (χ3n) is 1.64. The largest absolute Gasteiger partial charge is 0.389 e. The zero-order valence-electron chi connectivity index (χ0n) is 5.85. The maximum Gasteiger partial charge on any atom is 0.111 e. The molecular formula is C6H11BrO4. The van der Waals surface area contributed by atoms with Gasteiger partial charge in [-0.15, -0.1) is 0 Å². The van der Waals surface area contributed by atoms with E-state index in [9.17, 15) is 10.2 Å². The molecule has 0 bridgehead atoms. The van der Waals surface area contributed by atoms with E-state index in [0.29, 0.717) is 6.61 Å². The molecule has 1 saturated heterocycles. The molecule has 0 amide bonds. The van der Waals surface area contributed by atoms with Crippen LogP contribution in [0.25, 0.3) is 0 Å². The first-order valence-electron chi connectivity index (χ1n) is 3.38. The Morgan fingerprint density at radius 2 is 2.00 bits per heavy atom. The summed E-state index contributed by atoms with van der Waals surface area (Å²) >= 11 is 2.99. The summed E-state index contributed by atoms with van der Waals surface area (Å²) in [6.45, 7) is 0.466. The van der Waals surface area contributed by atoms with Crippen molar-refractivity contribution in [1.29, 1.82) is 0 Å². The van der Waals surface area contributed by atoms with E-state index in [1.807, 2.05) is 0 Å².